The molecule has 3 rings (SSSR count). The fourth-order valence-electron chi connectivity index (χ4n) is 2.69. The zero-order valence-corrected chi connectivity index (χ0v) is 15.6. The van der Waals surface area contributed by atoms with Gasteiger partial charge in [0.05, 0.1) is 5.69 Å². The monoisotopic (exact) mass is 367 g/mol. The number of anilines is 3. The van der Waals surface area contributed by atoms with Crippen molar-refractivity contribution in [1.29, 1.82) is 0 Å². The summed E-state index contributed by atoms with van der Waals surface area (Å²) in [6.45, 7) is 4.17. The molecule has 0 spiro atoms. The molecule has 0 saturated heterocycles. The molecule has 26 heavy (non-hydrogen) atoms. The summed E-state index contributed by atoms with van der Waals surface area (Å²) < 4.78 is 27.3. The second-order valence-electron chi connectivity index (χ2n) is 5.88. The zero-order chi connectivity index (χ0) is 18.6. The van der Waals surface area contributed by atoms with Crippen molar-refractivity contribution in [2.45, 2.75) is 18.7 Å². The Morgan fingerprint density at radius 2 is 1.77 bits per heavy atom. The van der Waals surface area contributed by atoms with E-state index in [2.05, 4.69) is 10.3 Å². The molecule has 1 heterocycles. The van der Waals surface area contributed by atoms with Gasteiger partial charge in [-0.25, -0.2) is 13.4 Å². The van der Waals surface area contributed by atoms with E-state index in [9.17, 15) is 8.42 Å². The van der Waals surface area contributed by atoms with Crippen molar-refractivity contribution in [2.75, 3.05) is 16.2 Å². The van der Waals surface area contributed by atoms with Gasteiger partial charge in [-0.05, 0) is 55.8 Å². The predicted molar refractivity (Wildman–Crippen MR) is 105 cm³/mol. The summed E-state index contributed by atoms with van der Waals surface area (Å²) in [5.74, 6) is 0.595. The van der Waals surface area contributed by atoms with Gasteiger partial charge in [-0.3, -0.25) is 4.31 Å². The first-order valence-electron chi connectivity index (χ1n) is 8.38. The van der Waals surface area contributed by atoms with Crippen LogP contribution in [-0.2, 0) is 10.0 Å². The molecule has 0 radical (unpaired) electrons. The van der Waals surface area contributed by atoms with E-state index in [1.165, 1.54) is 10.5 Å². The van der Waals surface area contributed by atoms with Gasteiger partial charge in [0, 0.05) is 18.4 Å². The molecule has 0 fully saturated rings. The van der Waals surface area contributed by atoms with Crippen molar-refractivity contribution >= 4 is 27.2 Å². The number of aromatic nitrogens is 1. The predicted octanol–water partition coefficient (Wildman–Crippen LogP) is 4.35. The lowest BCUT2D eigenvalue weighted by atomic mass is 10.2. The van der Waals surface area contributed by atoms with Crippen LogP contribution < -0.4 is 9.62 Å². The number of nitrogens with zero attached hydrogens (tertiary/aromatic N) is 2. The van der Waals surface area contributed by atoms with Crippen LogP contribution >= 0.6 is 0 Å². The molecule has 5 nitrogen and oxygen atoms in total. The highest BCUT2D eigenvalue weighted by Crippen LogP contribution is 2.24. The fraction of sp³-hybridized carbons (Fsp3) is 0.150. The summed E-state index contributed by atoms with van der Waals surface area (Å²) in [7, 11) is -3.66. The molecule has 0 aliphatic heterocycles. The van der Waals surface area contributed by atoms with Crippen molar-refractivity contribution in [3.8, 4) is 0 Å². The number of hydrogen-bond acceptors (Lipinski definition) is 4. The van der Waals surface area contributed by atoms with Crippen LogP contribution in [-0.4, -0.2) is 19.9 Å². The number of aryl methyl sites for hydroxylation is 1. The third-order valence-corrected chi connectivity index (χ3v) is 5.83. The van der Waals surface area contributed by atoms with Gasteiger partial charge in [0.1, 0.15) is 10.7 Å². The number of pyridine rings is 1. The summed E-state index contributed by atoms with van der Waals surface area (Å²) in [6, 6.07) is 20.2. The number of nitrogens with one attached hydrogen (secondary N) is 1. The normalized spacial score (nSPS) is 11.2. The van der Waals surface area contributed by atoms with Crippen molar-refractivity contribution in [2.24, 2.45) is 0 Å². The van der Waals surface area contributed by atoms with Gasteiger partial charge in [-0.15, -0.1) is 0 Å². The van der Waals surface area contributed by atoms with Crippen LogP contribution in [0, 0.1) is 6.92 Å². The molecule has 1 N–H and O–H groups in total. The minimum absolute atomic E-state index is 0.165. The average Bonchev–Trinajstić information content (AvgIpc) is 2.63. The molecule has 1 aromatic heterocycles. The molecule has 0 unspecified atom stereocenters. The number of rotatable bonds is 6. The first-order valence-corrected chi connectivity index (χ1v) is 9.82. The first kappa shape index (κ1) is 17.9. The van der Waals surface area contributed by atoms with E-state index < -0.39 is 10.0 Å². The van der Waals surface area contributed by atoms with E-state index in [0.29, 0.717) is 18.1 Å². The standard InChI is InChI=1S/C20H21N3O2S/c1-3-23(18-10-5-4-6-11-18)26(24,25)19-12-13-20(21-15-19)22-17-9-7-8-16(2)14-17/h4-15H,3H2,1-2H3,(H,21,22). The maximum atomic E-state index is 12.9. The van der Waals surface area contributed by atoms with E-state index in [-0.39, 0.29) is 4.90 Å². The molecule has 2 aromatic carbocycles. The van der Waals surface area contributed by atoms with E-state index in [1.54, 1.807) is 24.3 Å². The van der Waals surface area contributed by atoms with Gasteiger partial charge in [-0.2, -0.15) is 0 Å². The molecule has 134 valence electrons. The highest BCUT2D eigenvalue weighted by molar-refractivity contribution is 7.92. The Bertz CT molecular complexity index is 971. The van der Waals surface area contributed by atoms with Crippen molar-refractivity contribution in [3.63, 3.8) is 0 Å². The highest BCUT2D eigenvalue weighted by atomic mass is 32.2. The first-order chi connectivity index (χ1) is 12.5. The number of sulfonamides is 1. The van der Waals surface area contributed by atoms with E-state index in [0.717, 1.165) is 11.3 Å². The Morgan fingerprint density at radius 1 is 1.00 bits per heavy atom. The second kappa shape index (κ2) is 7.58. The van der Waals surface area contributed by atoms with Gasteiger partial charge >= 0.3 is 0 Å². The molecule has 0 aliphatic carbocycles. The second-order valence-corrected chi connectivity index (χ2v) is 7.74. The van der Waals surface area contributed by atoms with Crippen LogP contribution in [0.25, 0.3) is 0 Å². The summed E-state index contributed by atoms with van der Waals surface area (Å²) >= 11 is 0. The highest BCUT2D eigenvalue weighted by Gasteiger charge is 2.23. The van der Waals surface area contributed by atoms with Crippen molar-refractivity contribution < 1.29 is 8.42 Å². The number of benzene rings is 2. The zero-order valence-electron chi connectivity index (χ0n) is 14.8. The van der Waals surface area contributed by atoms with Gasteiger partial charge in [0.25, 0.3) is 10.0 Å². The Labute approximate surface area is 154 Å². The van der Waals surface area contributed by atoms with Gasteiger partial charge < -0.3 is 5.32 Å². The average molecular weight is 367 g/mol. The molecule has 0 bridgehead atoms. The minimum Gasteiger partial charge on any atom is -0.340 e. The molecule has 0 amide bonds. The molecule has 0 aliphatic rings. The lowest BCUT2D eigenvalue weighted by Gasteiger charge is -2.22. The van der Waals surface area contributed by atoms with E-state index in [1.807, 2.05) is 56.3 Å². The SMILES string of the molecule is CCN(c1ccccc1)S(=O)(=O)c1ccc(Nc2cccc(C)c2)nc1. The molecule has 6 heteroatoms. The van der Waals surface area contributed by atoms with E-state index in [4.69, 9.17) is 0 Å². The van der Waals surface area contributed by atoms with Crippen LogP contribution in [0.15, 0.2) is 77.8 Å². The van der Waals surface area contributed by atoms with Gasteiger partial charge in [0.2, 0.25) is 0 Å². The van der Waals surface area contributed by atoms with Crippen LogP contribution in [0.3, 0.4) is 0 Å². The molecule has 0 atom stereocenters. The van der Waals surface area contributed by atoms with Crippen LogP contribution in [0.4, 0.5) is 17.2 Å². The van der Waals surface area contributed by atoms with Crippen molar-refractivity contribution in [3.05, 3.63) is 78.5 Å². The lowest BCUT2D eigenvalue weighted by Crippen LogP contribution is -2.30. The van der Waals surface area contributed by atoms with Crippen molar-refractivity contribution in [1.82, 2.24) is 4.98 Å². The Balaban J connectivity index is 1.85. The molecule has 3 aromatic rings. The third-order valence-electron chi connectivity index (χ3n) is 3.95. The maximum Gasteiger partial charge on any atom is 0.265 e. The van der Waals surface area contributed by atoms with Crippen LogP contribution in [0.2, 0.25) is 0 Å². The Morgan fingerprint density at radius 3 is 2.38 bits per heavy atom. The summed E-state index contributed by atoms with van der Waals surface area (Å²) in [5, 5.41) is 3.18. The largest absolute Gasteiger partial charge is 0.340 e. The summed E-state index contributed by atoms with van der Waals surface area (Å²) in [4.78, 5) is 4.43. The fourth-order valence-corrected chi connectivity index (χ4v) is 4.11. The third kappa shape index (κ3) is 3.86. The summed E-state index contributed by atoms with van der Waals surface area (Å²) in [6.07, 6.45) is 1.39. The minimum atomic E-state index is -3.66. The quantitative estimate of drug-likeness (QED) is 0.704. The topological polar surface area (TPSA) is 62.3 Å². The van der Waals surface area contributed by atoms with E-state index >= 15 is 0 Å². The van der Waals surface area contributed by atoms with Gasteiger partial charge in [0.15, 0.2) is 0 Å². The summed E-state index contributed by atoms with van der Waals surface area (Å²) in [5.41, 5.74) is 2.68. The number of para-hydroxylation sites is 1. The molecule has 0 saturated carbocycles. The maximum absolute atomic E-state index is 12.9. The van der Waals surface area contributed by atoms with Gasteiger partial charge in [-0.1, -0.05) is 30.3 Å². The Hall–Kier alpha value is -2.86. The van der Waals surface area contributed by atoms with Crippen LogP contribution in [0.5, 0.6) is 0 Å². The number of hydrogen-bond donors (Lipinski definition) is 1. The molecular formula is C20H21N3O2S. The smallest absolute Gasteiger partial charge is 0.265 e. The Kier molecular flexibility index (Phi) is 5.23. The van der Waals surface area contributed by atoms with Crippen LogP contribution in [0.1, 0.15) is 12.5 Å². The molecular weight excluding hydrogens is 346 g/mol. The lowest BCUT2D eigenvalue weighted by molar-refractivity contribution is 0.591.